The lowest BCUT2D eigenvalue weighted by molar-refractivity contribution is 0.411. The van der Waals surface area contributed by atoms with Gasteiger partial charge < -0.3 is 10.1 Å². The highest BCUT2D eigenvalue weighted by atomic mass is 16.5. The van der Waals surface area contributed by atoms with Gasteiger partial charge in [0.1, 0.15) is 5.75 Å². The molecule has 88 valence electrons. The number of nitrogens with one attached hydrogen (secondary N) is 1. The summed E-state index contributed by atoms with van der Waals surface area (Å²) in [5.41, 5.74) is 2.95. The Hall–Kier alpha value is -1.02. The van der Waals surface area contributed by atoms with Crippen molar-refractivity contribution in [3.8, 4) is 5.75 Å². The molecule has 16 heavy (non-hydrogen) atoms. The van der Waals surface area contributed by atoms with Crippen LogP contribution in [0.4, 0.5) is 0 Å². The van der Waals surface area contributed by atoms with Gasteiger partial charge >= 0.3 is 0 Å². The van der Waals surface area contributed by atoms with Crippen LogP contribution in [0.15, 0.2) is 18.2 Å². The van der Waals surface area contributed by atoms with E-state index >= 15 is 0 Å². The molecule has 0 radical (unpaired) electrons. The monoisotopic (exact) mass is 219 g/mol. The predicted molar refractivity (Wildman–Crippen MR) is 67.1 cm³/mol. The van der Waals surface area contributed by atoms with Gasteiger partial charge in [0, 0.05) is 6.04 Å². The van der Waals surface area contributed by atoms with Gasteiger partial charge in [-0.05, 0) is 55.5 Å². The van der Waals surface area contributed by atoms with Gasteiger partial charge in [-0.3, -0.25) is 0 Å². The SMILES string of the molecule is CCCNC1CCc2cc(OC)ccc2C1. The Balaban J connectivity index is 2.04. The molecule has 0 saturated heterocycles. The van der Waals surface area contributed by atoms with Gasteiger partial charge in [-0.15, -0.1) is 0 Å². The summed E-state index contributed by atoms with van der Waals surface area (Å²) in [5, 5.41) is 3.61. The van der Waals surface area contributed by atoms with Crippen LogP contribution in [-0.4, -0.2) is 19.7 Å². The minimum Gasteiger partial charge on any atom is -0.497 e. The summed E-state index contributed by atoms with van der Waals surface area (Å²) in [4.78, 5) is 0. The van der Waals surface area contributed by atoms with Crippen molar-refractivity contribution in [2.24, 2.45) is 0 Å². The molecule has 2 rings (SSSR count). The summed E-state index contributed by atoms with van der Waals surface area (Å²) < 4.78 is 5.26. The van der Waals surface area contributed by atoms with Crippen molar-refractivity contribution in [2.75, 3.05) is 13.7 Å². The van der Waals surface area contributed by atoms with E-state index in [1.54, 1.807) is 7.11 Å². The second-order valence-corrected chi connectivity index (χ2v) is 4.53. The minimum atomic E-state index is 0.667. The Morgan fingerprint density at radius 3 is 3.00 bits per heavy atom. The molecule has 0 fully saturated rings. The largest absolute Gasteiger partial charge is 0.497 e. The summed E-state index contributed by atoms with van der Waals surface area (Å²) in [6, 6.07) is 7.14. The van der Waals surface area contributed by atoms with Crippen LogP contribution in [0, 0.1) is 0 Å². The molecule has 1 aliphatic rings. The fourth-order valence-electron chi connectivity index (χ4n) is 2.38. The van der Waals surface area contributed by atoms with E-state index in [0.29, 0.717) is 6.04 Å². The molecule has 0 aromatic heterocycles. The molecule has 0 heterocycles. The summed E-state index contributed by atoms with van der Waals surface area (Å²) in [6.07, 6.45) is 4.80. The second-order valence-electron chi connectivity index (χ2n) is 4.53. The highest BCUT2D eigenvalue weighted by Gasteiger charge is 2.17. The number of methoxy groups -OCH3 is 1. The maximum absolute atomic E-state index is 5.26. The average Bonchev–Trinajstić information content (AvgIpc) is 2.35. The summed E-state index contributed by atoms with van der Waals surface area (Å²) >= 11 is 0. The van der Waals surface area contributed by atoms with Crippen LogP contribution >= 0.6 is 0 Å². The van der Waals surface area contributed by atoms with Crippen LogP contribution in [0.2, 0.25) is 0 Å². The smallest absolute Gasteiger partial charge is 0.119 e. The first-order chi connectivity index (χ1) is 7.83. The van der Waals surface area contributed by atoms with Crippen LogP contribution < -0.4 is 10.1 Å². The number of hydrogen-bond donors (Lipinski definition) is 1. The average molecular weight is 219 g/mol. The topological polar surface area (TPSA) is 21.3 Å². The first-order valence-corrected chi connectivity index (χ1v) is 6.22. The first kappa shape index (κ1) is 11.5. The zero-order chi connectivity index (χ0) is 11.4. The van der Waals surface area contributed by atoms with E-state index in [-0.39, 0.29) is 0 Å². The molecule has 1 atom stereocenters. The van der Waals surface area contributed by atoms with Gasteiger partial charge in [0.25, 0.3) is 0 Å². The van der Waals surface area contributed by atoms with E-state index in [9.17, 15) is 0 Å². The van der Waals surface area contributed by atoms with Crippen molar-refractivity contribution >= 4 is 0 Å². The molecule has 1 N–H and O–H groups in total. The second kappa shape index (κ2) is 5.35. The lowest BCUT2D eigenvalue weighted by Crippen LogP contribution is -2.34. The molecule has 2 nitrogen and oxygen atoms in total. The third-order valence-electron chi connectivity index (χ3n) is 3.32. The highest BCUT2D eigenvalue weighted by Crippen LogP contribution is 2.25. The molecule has 0 saturated carbocycles. The number of hydrogen-bond acceptors (Lipinski definition) is 2. The number of ether oxygens (including phenoxy) is 1. The Bertz CT molecular complexity index is 349. The molecular weight excluding hydrogens is 198 g/mol. The summed E-state index contributed by atoms with van der Waals surface area (Å²) in [7, 11) is 1.73. The number of rotatable bonds is 4. The third kappa shape index (κ3) is 2.56. The zero-order valence-corrected chi connectivity index (χ0v) is 10.3. The van der Waals surface area contributed by atoms with E-state index in [0.717, 1.165) is 12.3 Å². The maximum atomic E-state index is 5.26. The lowest BCUT2D eigenvalue weighted by atomic mass is 9.88. The lowest BCUT2D eigenvalue weighted by Gasteiger charge is -2.25. The third-order valence-corrected chi connectivity index (χ3v) is 3.32. The summed E-state index contributed by atoms with van der Waals surface area (Å²) in [5.74, 6) is 0.985. The predicted octanol–water partition coefficient (Wildman–Crippen LogP) is 2.55. The number of benzene rings is 1. The van der Waals surface area contributed by atoms with E-state index < -0.39 is 0 Å². The Kier molecular flexibility index (Phi) is 3.83. The van der Waals surface area contributed by atoms with E-state index in [4.69, 9.17) is 4.74 Å². The highest BCUT2D eigenvalue weighted by molar-refractivity contribution is 5.37. The minimum absolute atomic E-state index is 0.667. The van der Waals surface area contributed by atoms with Crippen LogP contribution in [0.25, 0.3) is 0 Å². The molecule has 1 unspecified atom stereocenters. The molecule has 1 aromatic carbocycles. The Morgan fingerprint density at radius 1 is 1.38 bits per heavy atom. The molecular formula is C14H21NO. The fraction of sp³-hybridized carbons (Fsp3) is 0.571. The van der Waals surface area contributed by atoms with Crippen LogP contribution in [0.5, 0.6) is 5.75 Å². The van der Waals surface area contributed by atoms with Crippen molar-refractivity contribution in [3.05, 3.63) is 29.3 Å². The molecule has 0 aliphatic heterocycles. The van der Waals surface area contributed by atoms with Crippen LogP contribution in [0.1, 0.15) is 30.9 Å². The normalized spacial score (nSPS) is 19.2. The number of fused-ring (bicyclic) bond motifs is 1. The Labute approximate surface area is 98.0 Å². The Morgan fingerprint density at radius 2 is 2.25 bits per heavy atom. The van der Waals surface area contributed by atoms with Crippen molar-refractivity contribution in [3.63, 3.8) is 0 Å². The molecule has 1 aliphatic carbocycles. The summed E-state index contributed by atoms with van der Waals surface area (Å²) in [6.45, 7) is 3.35. The van der Waals surface area contributed by atoms with Crippen molar-refractivity contribution in [1.29, 1.82) is 0 Å². The molecule has 0 bridgehead atoms. The number of aryl methyl sites for hydroxylation is 1. The van der Waals surface area contributed by atoms with E-state index in [2.05, 4.69) is 30.4 Å². The van der Waals surface area contributed by atoms with Gasteiger partial charge in [-0.25, -0.2) is 0 Å². The van der Waals surface area contributed by atoms with Gasteiger partial charge in [0.05, 0.1) is 7.11 Å². The quantitative estimate of drug-likeness (QED) is 0.840. The molecule has 0 spiro atoms. The van der Waals surface area contributed by atoms with Crippen LogP contribution in [-0.2, 0) is 12.8 Å². The van der Waals surface area contributed by atoms with Crippen LogP contribution in [0.3, 0.4) is 0 Å². The first-order valence-electron chi connectivity index (χ1n) is 6.22. The van der Waals surface area contributed by atoms with Gasteiger partial charge in [-0.1, -0.05) is 13.0 Å². The van der Waals surface area contributed by atoms with Gasteiger partial charge in [-0.2, -0.15) is 0 Å². The van der Waals surface area contributed by atoms with Gasteiger partial charge in [0.15, 0.2) is 0 Å². The van der Waals surface area contributed by atoms with E-state index in [1.165, 1.54) is 36.8 Å². The maximum Gasteiger partial charge on any atom is 0.119 e. The molecule has 2 heteroatoms. The van der Waals surface area contributed by atoms with Gasteiger partial charge in [0.2, 0.25) is 0 Å². The standard InChI is InChI=1S/C14H21NO/c1-3-8-15-13-6-4-12-10-14(16-2)7-5-11(12)9-13/h5,7,10,13,15H,3-4,6,8-9H2,1-2H3. The fourth-order valence-corrected chi connectivity index (χ4v) is 2.38. The van der Waals surface area contributed by atoms with E-state index in [1.807, 2.05) is 0 Å². The van der Waals surface area contributed by atoms with Crippen molar-refractivity contribution in [1.82, 2.24) is 5.32 Å². The molecule has 1 aromatic rings. The zero-order valence-electron chi connectivity index (χ0n) is 10.3. The molecule has 0 amide bonds. The van der Waals surface area contributed by atoms with Crippen molar-refractivity contribution in [2.45, 2.75) is 38.6 Å². The van der Waals surface area contributed by atoms with Crippen molar-refractivity contribution < 1.29 is 4.74 Å².